The highest BCUT2D eigenvalue weighted by Gasteiger charge is 2.47. The molecule has 4 nitrogen and oxygen atoms in total. The van der Waals surface area contributed by atoms with Crippen molar-refractivity contribution in [1.29, 1.82) is 0 Å². The number of benzene rings is 1. The average Bonchev–Trinajstić information content (AvgIpc) is 2.19. The van der Waals surface area contributed by atoms with Crippen LogP contribution in [0.15, 0.2) is 28.1 Å². The first-order chi connectivity index (χ1) is 7.70. The molecular formula is C8H3ClF3NO3S. The molecule has 17 heavy (non-hydrogen) atoms. The van der Waals surface area contributed by atoms with Crippen LogP contribution in [-0.2, 0) is 14.6 Å². The van der Waals surface area contributed by atoms with Crippen molar-refractivity contribution in [3.8, 4) is 0 Å². The molecule has 1 rings (SSSR count). The van der Waals surface area contributed by atoms with Gasteiger partial charge in [0.05, 0.1) is 15.6 Å². The summed E-state index contributed by atoms with van der Waals surface area (Å²) in [6.45, 7) is 0. The largest absolute Gasteiger partial charge is 0.501 e. The monoisotopic (exact) mass is 285 g/mol. The van der Waals surface area contributed by atoms with Gasteiger partial charge in [0, 0.05) is 0 Å². The SMILES string of the molecule is O=C=Nc1ccc(Cl)c(S(=O)(=O)C(F)(F)F)c1. The minimum atomic E-state index is -5.57. The van der Waals surface area contributed by atoms with Gasteiger partial charge in [0.2, 0.25) is 6.08 Å². The maximum absolute atomic E-state index is 12.3. The third kappa shape index (κ3) is 2.66. The summed E-state index contributed by atoms with van der Waals surface area (Å²) < 4.78 is 58.9. The molecule has 0 atom stereocenters. The van der Waals surface area contributed by atoms with Crippen molar-refractivity contribution in [3.05, 3.63) is 23.2 Å². The Balaban J connectivity index is 3.51. The lowest BCUT2D eigenvalue weighted by molar-refractivity contribution is -0.0435. The fourth-order valence-corrected chi connectivity index (χ4v) is 2.22. The van der Waals surface area contributed by atoms with E-state index in [1.165, 1.54) is 0 Å². The molecule has 0 aliphatic heterocycles. The quantitative estimate of drug-likeness (QED) is 0.620. The summed E-state index contributed by atoms with van der Waals surface area (Å²) in [5.41, 5.74) is -5.76. The lowest BCUT2D eigenvalue weighted by Gasteiger charge is -2.09. The predicted molar refractivity (Wildman–Crippen MR) is 52.5 cm³/mol. The van der Waals surface area contributed by atoms with E-state index in [9.17, 15) is 26.4 Å². The lowest BCUT2D eigenvalue weighted by Crippen LogP contribution is -2.23. The molecule has 0 saturated heterocycles. The van der Waals surface area contributed by atoms with Gasteiger partial charge >= 0.3 is 5.51 Å². The first kappa shape index (κ1) is 13.7. The van der Waals surface area contributed by atoms with Gasteiger partial charge < -0.3 is 0 Å². The van der Waals surface area contributed by atoms with E-state index in [1.54, 1.807) is 0 Å². The highest BCUT2D eigenvalue weighted by Crippen LogP contribution is 2.35. The summed E-state index contributed by atoms with van der Waals surface area (Å²) in [4.78, 5) is 11.8. The van der Waals surface area contributed by atoms with Gasteiger partial charge in [0.25, 0.3) is 9.84 Å². The number of aliphatic imine (C=N–C) groups is 1. The number of halogens is 4. The van der Waals surface area contributed by atoms with Crippen LogP contribution in [0.2, 0.25) is 5.02 Å². The Morgan fingerprint density at radius 2 is 1.88 bits per heavy atom. The highest BCUT2D eigenvalue weighted by molar-refractivity contribution is 7.92. The molecule has 0 unspecified atom stereocenters. The van der Waals surface area contributed by atoms with Crippen molar-refractivity contribution < 1.29 is 26.4 Å². The van der Waals surface area contributed by atoms with Crippen LogP contribution in [0.1, 0.15) is 0 Å². The maximum atomic E-state index is 12.3. The fourth-order valence-electron chi connectivity index (χ4n) is 0.945. The molecule has 0 bridgehead atoms. The Hall–Kier alpha value is -1.37. The highest BCUT2D eigenvalue weighted by atomic mass is 35.5. The van der Waals surface area contributed by atoms with Crippen LogP contribution in [0.25, 0.3) is 0 Å². The van der Waals surface area contributed by atoms with Crippen LogP contribution in [-0.4, -0.2) is 20.0 Å². The van der Waals surface area contributed by atoms with Gasteiger partial charge in [-0.15, -0.1) is 0 Å². The number of hydrogen-bond acceptors (Lipinski definition) is 4. The second-order valence-electron chi connectivity index (χ2n) is 2.77. The smallest absolute Gasteiger partial charge is 0.214 e. The zero-order chi connectivity index (χ0) is 13.3. The Bertz CT molecular complexity index is 591. The first-order valence-electron chi connectivity index (χ1n) is 3.89. The van der Waals surface area contributed by atoms with Crippen LogP contribution in [0.4, 0.5) is 18.9 Å². The van der Waals surface area contributed by atoms with Gasteiger partial charge in [-0.1, -0.05) is 11.6 Å². The molecule has 0 heterocycles. The standard InChI is InChI=1S/C8H3ClF3NO3S/c9-6-2-1-5(13-4-14)3-7(6)17(15,16)8(10,11)12/h1-3H. The molecule has 0 aliphatic rings. The van der Waals surface area contributed by atoms with E-state index in [-0.39, 0.29) is 5.69 Å². The lowest BCUT2D eigenvalue weighted by atomic mass is 10.3. The Labute approximate surface area is 98.6 Å². The molecule has 0 spiro atoms. The zero-order valence-electron chi connectivity index (χ0n) is 7.82. The van der Waals surface area contributed by atoms with E-state index in [0.29, 0.717) is 6.07 Å². The number of hydrogen-bond donors (Lipinski definition) is 0. The van der Waals surface area contributed by atoms with Crippen molar-refractivity contribution in [3.63, 3.8) is 0 Å². The predicted octanol–water partition coefficient (Wildman–Crippen LogP) is 2.60. The van der Waals surface area contributed by atoms with E-state index in [2.05, 4.69) is 4.99 Å². The van der Waals surface area contributed by atoms with Gasteiger partial charge in [-0.2, -0.15) is 18.2 Å². The van der Waals surface area contributed by atoms with Crippen LogP contribution in [0.5, 0.6) is 0 Å². The van der Waals surface area contributed by atoms with Gasteiger partial charge in [-0.25, -0.2) is 13.2 Å². The molecule has 0 saturated carbocycles. The minimum Gasteiger partial charge on any atom is -0.214 e. The summed E-state index contributed by atoms with van der Waals surface area (Å²) in [5, 5.41) is -0.604. The van der Waals surface area contributed by atoms with Crippen LogP contribution in [0, 0.1) is 0 Å². The van der Waals surface area contributed by atoms with Crippen LogP contribution in [0.3, 0.4) is 0 Å². The molecule has 92 valence electrons. The molecule has 0 fully saturated rings. The first-order valence-corrected chi connectivity index (χ1v) is 5.75. The number of alkyl halides is 3. The van der Waals surface area contributed by atoms with Crippen molar-refractivity contribution in [1.82, 2.24) is 0 Å². The van der Waals surface area contributed by atoms with Gasteiger partial charge in [0.15, 0.2) is 0 Å². The summed E-state index contributed by atoms with van der Waals surface area (Å²) in [6, 6.07) is 2.54. The van der Waals surface area contributed by atoms with Crippen molar-refractivity contribution in [2.75, 3.05) is 0 Å². The Kier molecular flexibility index (Phi) is 3.61. The summed E-state index contributed by atoms with van der Waals surface area (Å²) in [5.74, 6) is 0. The number of sulfone groups is 1. The average molecular weight is 286 g/mol. The minimum absolute atomic E-state index is 0.285. The Morgan fingerprint density at radius 3 is 2.35 bits per heavy atom. The number of isocyanates is 1. The molecule has 0 amide bonds. The molecule has 0 radical (unpaired) electrons. The van der Waals surface area contributed by atoms with Gasteiger partial charge in [-0.05, 0) is 18.2 Å². The third-order valence-corrected chi connectivity index (χ3v) is 3.65. The van der Waals surface area contributed by atoms with Crippen molar-refractivity contribution in [2.24, 2.45) is 4.99 Å². The number of nitrogens with zero attached hydrogens (tertiary/aromatic N) is 1. The second kappa shape index (κ2) is 4.48. The van der Waals surface area contributed by atoms with E-state index < -0.39 is 25.3 Å². The zero-order valence-corrected chi connectivity index (χ0v) is 9.40. The van der Waals surface area contributed by atoms with Crippen LogP contribution < -0.4 is 0 Å². The van der Waals surface area contributed by atoms with E-state index in [4.69, 9.17) is 11.6 Å². The van der Waals surface area contributed by atoms with E-state index in [1.807, 2.05) is 0 Å². The molecule has 1 aromatic carbocycles. The van der Waals surface area contributed by atoms with E-state index >= 15 is 0 Å². The molecule has 0 aliphatic carbocycles. The Morgan fingerprint density at radius 1 is 1.29 bits per heavy atom. The summed E-state index contributed by atoms with van der Waals surface area (Å²) in [7, 11) is -5.57. The van der Waals surface area contributed by atoms with Gasteiger partial charge in [0.1, 0.15) is 0 Å². The number of rotatable bonds is 2. The molecule has 1 aromatic rings. The second-order valence-corrected chi connectivity index (χ2v) is 5.08. The van der Waals surface area contributed by atoms with Crippen LogP contribution >= 0.6 is 11.6 Å². The van der Waals surface area contributed by atoms with Crippen molar-refractivity contribution >= 4 is 33.2 Å². The summed E-state index contributed by atoms with van der Waals surface area (Å²) in [6.07, 6.45) is 1.08. The molecule has 0 N–H and O–H groups in total. The molecular weight excluding hydrogens is 283 g/mol. The van der Waals surface area contributed by atoms with Crippen molar-refractivity contribution in [2.45, 2.75) is 10.4 Å². The van der Waals surface area contributed by atoms with Gasteiger partial charge in [-0.3, -0.25) is 0 Å². The third-order valence-electron chi connectivity index (χ3n) is 1.68. The van der Waals surface area contributed by atoms with E-state index in [0.717, 1.165) is 18.2 Å². The molecule has 0 aromatic heterocycles. The fraction of sp³-hybridized carbons (Fsp3) is 0.125. The summed E-state index contributed by atoms with van der Waals surface area (Å²) >= 11 is 5.37. The number of carbonyl (C=O) groups excluding carboxylic acids is 1. The topological polar surface area (TPSA) is 63.6 Å². The molecule has 9 heteroatoms. The normalized spacial score (nSPS) is 12.0. The maximum Gasteiger partial charge on any atom is 0.501 e.